The van der Waals surface area contributed by atoms with Crippen LogP contribution in [0.1, 0.15) is 41.3 Å². The van der Waals surface area contributed by atoms with Crippen LogP contribution in [0.3, 0.4) is 0 Å². The van der Waals surface area contributed by atoms with Gasteiger partial charge in [-0.05, 0) is 55.9 Å². The number of halogens is 1. The van der Waals surface area contributed by atoms with Crippen LogP contribution in [0.2, 0.25) is 5.02 Å². The molecule has 4 nitrogen and oxygen atoms in total. The summed E-state index contributed by atoms with van der Waals surface area (Å²) in [6.07, 6.45) is 5.48. The fraction of sp³-hybridized carbons (Fsp3) is 0.400. The highest BCUT2D eigenvalue weighted by Gasteiger charge is 2.21. The summed E-state index contributed by atoms with van der Waals surface area (Å²) >= 11 is 6.36. The van der Waals surface area contributed by atoms with Crippen molar-refractivity contribution in [1.82, 2.24) is 9.88 Å². The molecule has 3 rings (SSSR count). The summed E-state index contributed by atoms with van der Waals surface area (Å²) in [6, 6.07) is 5.85. The first-order chi connectivity index (χ1) is 11.9. The largest absolute Gasteiger partial charge is 0.353 e. The number of nitrogens with zero attached hydrogens (tertiary/aromatic N) is 2. The average molecular weight is 358 g/mol. The number of piperidine rings is 1. The first-order valence-corrected chi connectivity index (χ1v) is 9.10. The molecule has 1 saturated heterocycles. The van der Waals surface area contributed by atoms with Gasteiger partial charge in [0, 0.05) is 19.3 Å². The van der Waals surface area contributed by atoms with E-state index in [1.54, 1.807) is 12.4 Å². The molecular formula is C20H24ClN3O. The molecule has 0 atom stereocenters. The Balaban J connectivity index is 1.79. The van der Waals surface area contributed by atoms with Crippen LogP contribution in [0.4, 0.5) is 11.4 Å². The molecule has 25 heavy (non-hydrogen) atoms. The highest BCUT2D eigenvalue weighted by atomic mass is 35.5. The van der Waals surface area contributed by atoms with Crippen LogP contribution < -0.4 is 5.32 Å². The minimum atomic E-state index is 0.0507. The maximum absolute atomic E-state index is 12.7. The minimum absolute atomic E-state index is 0.0507. The fourth-order valence-electron chi connectivity index (χ4n) is 3.24. The lowest BCUT2D eigenvalue weighted by Gasteiger charge is -2.30. The van der Waals surface area contributed by atoms with E-state index >= 15 is 0 Å². The van der Waals surface area contributed by atoms with Crippen molar-refractivity contribution in [3.63, 3.8) is 0 Å². The van der Waals surface area contributed by atoms with E-state index in [1.165, 1.54) is 0 Å². The van der Waals surface area contributed by atoms with Gasteiger partial charge in [0.25, 0.3) is 5.91 Å². The van der Waals surface area contributed by atoms with Gasteiger partial charge in [-0.3, -0.25) is 9.78 Å². The van der Waals surface area contributed by atoms with Crippen molar-refractivity contribution in [3.05, 3.63) is 52.3 Å². The fourth-order valence-corrected chi connectivity index (χ4v) is 3.61. The van der Waals surface area contributed by atoms with Crippen LogP contribution in [0.5, 0.6) is 0 Å². The summed E-state index contributed by atoms with van der Waals surface area (Å²) in [5.74, 6) is 0.747. The highest BCUT2D eigenvalue weighted by molar-refractivity contribution is 6.33. The topological polar surface area (TPSA) is 45.2 Å². The van der Waals surface area contributed by atoms with E-state index in [0.29, 0.717) is 16.5 Å². The van der Waals surface area contributed by atoms with E-state index in [2.05, 4.69) is 23.3 Å². The number of benzene rings is 1. The number of likely N-dealkylation sites (tertiary alicyclic amines) is 1. The smallest absolute Gasteiger partial charge is 0.255 e. The molecule has 0 spiro atoms. The van der Waals surface area contributed by atoms with Gasteiger partial charge in [-0.15, -0.1) is 0 Å². The molecule has 2 heterocycles. The third-order valence-electron chi connectivity index (χ3n) is 4.76. The Morgan fingerprint density at radius 2 is 1.92 bits per heavy atom. The first kappa shape index (κ1) is 17.7. The van der Waals surface area contributed by atoms with E-state index in [9.17, 15) is 4.79 Å². The molecular weight excluding hydrogens is 334 g/mol. The lowest BCUT2D eigenvalue weighted by Crippen LogP contribution is -2.37. The predicted octanol–water partition coefficient (Wildman–Crippen LogP) is 4.97. The molecule has 5 heteroatoms. The molecule has 1 aliphatic heterocycles. The summed E-state index contributed by atoms with van der Waals surface area (Å²) in [5.41, 5.74) is 4.41. The van der Waals surface area contributed by atoms with Gasteiger partial charge in [-0.1, -0.05) is 24.6 Å². The third kappa shape index (κ3) is 4.13. The zero-order valence-corrected chi connectivity index (χ0v) is 15.7. The zero-order chi connectivity index (χ0) is 18.0. The van der Waals surface area contributed by atoms with E-state index in [0.717, 1.165) is 48.4 Å². The van der Waals surface area contributed by atoms with Gasteiger partial charge in [0.1, 0.15) is 0 Å². The maximum Gasteiger partial charge on any atom is 0.255 e. The maximum atomic E-state index is 12.7. The van der Waals surface area contributed by atoms with Gasteiger partial charge in [0.05, 0.1) is 28.2 Å². The van der Waals surface area contributed by atoms with Crippen LogP contribution in [0.15, 0.2) is 30.6 Å². The second-order valence-corrected chi connectivity index (χ2v) is 7.41. The molecule has 0 saturated carbocycles. The third-order valence-corrected chi connectivity index (χ3v) is 5.06. The van der Waals surface area contributed by atoms with Crippen LogP contribution in [-0.2, 0) is 0 Å². The predicted molar refractivity (Wildman–Crippen MR) is 103 cm³/mol. The van der Waals surface area contributed by atoms with Crippen molar-refractivity contribution in [3.8, 4) is 0 Å². The molecule has 1 aliphatic rings. The monoisotopic (exact) mass is 357 g/mol. The Hall–Kier alpha value is -2.07. The number of aromatic nitrogens is 1. The first-order valence-electron chi connectivity index (χ1n) is 8.72. The number of anilines is 2. The number of rotatable bonds is 3. The van der Waals surface area contributed by atoms with Gasteiger partial charge >= 0.3 is 0 Å². The summed E-state index contributed by atoms with van der Waals surface area (Å²) in [7, 11) is 0. The molecule has 0 unspecified atom stereocenters. The standard InChI is InChI=1S/C20H24ClN3O/c1-13-4-6-24(7-5-13)20(25)16-10-17(12-22-11-16)23-19-15(3)8-14(2)9-18(19)21/h8-13,23H,4-7H2,1-3H3. The molecule has 1 amide bonds. The minimum Gasteiger partial charge on any atom is -0.353 e. The Bertz CT molecular complexity index is 759. The number of amides is 1. The van der Waals surface area contributed by atoms with Gasteiger partial charge in [0.15, 0.2) is 0 Å². The Morgan fingerprint density at radius 3 is 2.60 bits per heavy atom. The summed E-state index contributed by atoms with van der Waals surface area (Å²) < 4.78 is 0. The van der Waals surface area contributed by atoms with E-state index in [-0.39, 0.29) is 5.91 Å². The zero-order valence-electron chi connectivity index (χ0n) is 15.0. The van der Waals surface area contributed by atoms with Crippen molar-refractivity contribution in [2.45, 2.75) is 33.6 Å². The van der Waals surface area contributed by atoms with Crippen LogP contribution in [0.25, 0.3) is 0 Å². The quantitative estimate of drug-likeness (QED) is 0.843. The van der Waals surface area contributed by atoms with E-state index < -0.39 is 0 Å². The SMILES string of the molecule is Cc1cc(C)c(Nc2cncc(C(=O)N3CCC(C)CC3)c2)c(Cl)c1. The van der Waals surface area contributed by atoms with Crippen molar-refractivity contribution >= 4 is 28.9 Å². The molecule has 132 valence electrons. The second kappa shape index (κ2) is 7.44. The number of pyridine rings is 1. The molecule has 0 bridgehead atoms. The molecule has 0 radical (unpaired) electrons. The van der Waals surface area contributed by atoms with Crippen molar-refractivity contribution in [1.29, 1.82) is 0 Å². The van der Waals surface area contributed by atoms with Crippen molar-refractivity contribution in [2.75, 3.05) is 18.4 Å². The van der Waals surface area contributed by atoms with Gasteiger partial charge < -0.3 is 10.2 Å². The number of carbonyl (C=O) groups is 1. The summed E-state index contributed by atoms with van der Waals surface area (Å²) in [5, 5.41) is 3.97. The van der Waals surface area contributed by atoms with Crippen LogP contribution in [0, 0.1) is 19.8 Å². The molecule has 1 N–H and O–H groups in total. The van der Waals surface area contributed by atoms with Crippen LogP contribution in [-0.4, -0.2) is 28.9 Å². The second-order valence-electron chi connectivity index (χ2n) is 7.00. The average Bonchev–Trinajstić information content (AvgIpc) is 2.58. The van der Waals surface area contributed by atoms with E-state index in [1.807, 2.05) is 30.9 Å². The van der Waals surface area contributed by atoms with Crippen LogP contribution >= 0.6 is 11.6 Å². The molecule has 0 aliphatic carbocycles. The molecule has 1 fully saturated rings. The lowest BCUT2D eigenvalue weighted by molar-refractivity contribution is 0.0697. The summed E-state index contributed by atoms with van der Waals surface area (Å²) in [6.45, 7) is 7.91. The van der Waals surface area contributed by atoms with Crippen molar-refractivity contribution < 1.29 is 4.79 Å². The summed E-state index contributed by atoms with van der Waals surface area (Å²) in [4.78, 5) is 18.9. The van der Waals surface area contributed by atoms with Crippen molar-refractivity contribution in [2.24, 2.45) is 5.92 Å². The number of aryl methyl sites for hydroxylation is 2. The Labute approximate surface area is 154 Å². The Kier molecular flexibility index (Phi) is 5.28. The number of hydrogen-bond acceptors (Lipinski definition) is 3. The molecule has 1 aromatic carbocycles. The highest BCUT2D eigenvalue weighted by Crippen LogP contribution is 2.30. The molecule has 2 aromatic rings. The van der Waals surface area contributed by atoms with Gasteiger partial charge in [0.2, 0.25) is 0 Å². The molecule has 1 aromatic heterocycles. The van der Waals surface area contributed by atoms with E-state index in [4.69, 9.17) is 11.6 Å². The van der Waals surface area contributed by atoms with Gasteiger partial charge in [-0.25, -0.2) is 0 Å². The number of hydrogen-bond donors (Lipinski definition) is 1. The lowest BCUT2D eigenvalue weighted by atomic mass is 9.99. The Morgan fingerprint density at radius 1 is 1.20 bits per heavy atom. The van der Waals surface area contributed by atoms with Gasteiger partial charge in [-0.2, -0.15) is 0 Å². The number of carbonyl (C=O) groups excluding carboxylic acids is 1. The number of nitrogens with one attached hydrogen (secondary N) is 1. The normalized spacial score (nSPS) is 15.3.